The Bertz CT molecular complexity index is 630. The minimum atomic E-state index is 0.600. The normalized spacial score (nSPS) is 14.3. The number of rotatable bonds is 2. The van der Waals surface area contributed by atoms with Gasteiger partial charge in [0.1, 0.15) is 0 Å². The van der Waals surface area contributed by atoms with Crippen LogP contribution >= 0.6 is 11.6 Å². The zero-order valence-corrected chi connectivity index (χ0v) is 10.9. The van der Waals surface area contributed by atoms with Gasteiger partial charge in [0.05, 0.1) is 17.0 Å². The van der Waals surface area contributed by atoms with E-state index in [-0.39, 0.29) is 0 Å². The van der Waals surface area contributed by atoms with Crippen LogP contribution in [0.1, 0.15) is 6.42 Å². The monoisotopic (exact) mass is 273 g/mol. The summed E-state index contributed by atoms with van der Waals surface area (Å²) in [7, 11) is 0. The van der Waals surface area contributed by atoms with Gasteiger partial charge in [-0.15, -0.1) is 0 Å². The highest BCUT2D eigenvalue weighted by molar-refractivity contribution is 6.34. The molecule has 0 aliphatic carbocycles. The van der Waals surface area contributed by atoms with E-state index in [1.807, 2.05) is 35.2 Å². The molecule has 1 N–H and O–H groups in total. The standard InChI is InChI=1S/C13H12ClN5/c14-11-8-10(19-7-6-15-9-19)2-3-12(11)18-13-16-4-1-5-17-13/h2-4,6-9H,1,5H2,(H,17,18). The van der Waals surface area contributed by atoms with Gasteiger partial charge in [0.15, 0.2) is 0 Å². The zero-order chi connectivity index (χ0) is 13.1. The van der Waals surface area contributed by atoms with Crippen molar-refractivity contribution < 1.29 is 0 Å². The topological polar surface area (TPSA) is 54.6 Å². The minimum absolute atomic E-state index is 0.600. The highest BCUT2D eigenvalue weighted by atomic mass is 35.5. The molecule has 96 valence electrons. The number of aliphatic imine (C=N–C) groups is 2. The molecule has 1 aliphatic heterocycles. The second kappa shape index (κ2) is 5.24. The molecule has 0 bridgehead atoms. The lowest BCUT2D eigenvalue weighted by Crippen LogP contribution is -2.13. The average Bonchev–Trinajstić information content (AvgIpc) is 2.96. The molecule has 2 aromatic rings. The molecule has 1 aliphatic rings. The molecular weight excluding hydrogens is 262 g/mol. The van der Waals surface area contributed by atoms with Gasteiger partial charge in [0.2, 0.25) is 5.96 Å². The van der Waals surface area contributed by atoms with Gasteiger partial charge in [-0.25, -0.2) is 9.98 Å². The predicted octanol–water partition coefficient (Wildman–Crippen LogP) is 2.77. The van der Waals surface area contributed by atoms with Crippen molar-refractivity contribution in [2.24, 2.45) is 9.98 Å². The Morgan fingerprint density at radius 1 is 1.32 bits per heavy atom. The number of nitrogens with one attached hydrogen (secondary N) is 1. The smallest absolute Gasteiger partial charge is 0.222 e. The van der Waals surface area contributed by atoms with Crippen molar-refractivity contribution in [3.8, 4) is 5.69 Å². The summed E-state index contributed by atoms with van der Waals surface area (Å²) in [5, 5.41) is 3.74. The molecule has 5 nitrogen and oxygen atoms in total. The van der Waals surface area contributed by atoms with Crippen LogP contribution in [-0.4, -0.2) is 28.3 Å². The molecule has 2 heterocycles. The van der Waals surface area contributed by atoms with E-state index in [0.29, 0.717) is 11.0 Å². The number of hydrogen-bond donors (Lipinski definition) is 1. The van der Waals surface area contributed by atoms with Crippen molar-refractivity contribution in [2.45, 2.75) is 6.42 Å². The second-order valence-electron chi connectivity index (χ2n) is 4.06. The Morgan fingerprint density at radius 2 is 2.26 bits per heavy atom. The van der Waals surface area contributed by atoms with Gasteiger partial charge in [-0.1, -0.05) is 11.6 Å². The third kappa shape index (κ3) is 2.66. The quantitative estimate of drug-likeness (QED) is 0.915. The third-order valence-electron chi connectivity index (χ3n) is 2.74. The summed E-state index contributed by atoms with van der Waals surface area (Å²) in [6.45, 7) is 0.760. The number of aromatic nitrogens is 2. The second-order valence-corrected chi connectivity index (χ2v) is 4.47. The fourth-order valence-electron chi connectivity index (χ4n) is 1.79. The number of nitrogens with zero attached hydrogens (tertiary/aromatic N) is 4. The summed E-state index contributed by atoms with van der Waals surface area (Å²) < 4.78 is 1.89. The van der Waals surface area contributed by atoms with Crippen LogP contribution in [0.25, 0.3) is 5.69 Å². The maximum atomic E-state index is 6.26. The molecule has 0 saturated heterocycles. The Kier molecular flexibility index (Phi) is 3.29. The number of halogens is 1. The maximum Gasteiger partial charge on any atom is 0.222 e. The van der Waals surface area contributed by atoms with E-state index in [1.165, 1.54) is 0 Å². The van der Waals surface area contributed by atoms with Crippen LogP contribution < -0.4 is 5.32 Å². The summed E-state index contributed by atoms with van der Waals surface area (Å²) in [5.74, 6) is 0.600. The van der Waals surface area contributed by atoms with E-state index < -0.39 is 0 Å². The summed E-state index contributed by atoms with van der Waals surface area (Å²) >= 11 is 6.26. The van der Waals surface area contributed by atoms with Crippen molar-refractivity contribution >= 4 is 29.5 Å². The van der Waals surface area contributed by atoms with Crippen LogP contribution in [0.4, 0.5) is 5.69 Å². The van der Waals surface area contributed by atoms with Gasteiger partial charge in [0.25, 0.3) is 0 Å². The Balaban J connectivity index is 1.84. The van der Waals surface area contributed by atoms with E-state index in [9.17, 15) is 0 Å². The molecule has 0 amide bonds. The Labute approximate surface area is 115 Å². The summed E-state index contributed by atoms with van der Waals surface area (Å²) in [4.78, 5) is 12.5. The van der Waals surface area contributed by atoms with Crippen LogP contribution in [0.15, 0.2) is 46.9 Å². The molecule has 0 unspecified atom stereocenters. The molecule has 0 radical (unpaired) electrons. The SMILES string of the molecule is Clc1cc(-n2ccnc2)ccc1NC1=NCCC=N1. The molecular formula is C13H12ClN5. The molecule has 0 fully saturated rings. The van der Waals surface area contributed by atoms with Crippen molar-refractivity contribution in [1.82, 2.24) is 9.55 Å². The molecule has 0 saturated carbocycles. The van der Waals surface area contributed by atoms with Crippen LogP contribution in [0, 0.1) is 0 Å². The molecule has 19 heavy (non-hydrogen) atoms. The number of hydrogen-bond acceptors (Lipinski definition) is 4. The van der Waals surface area contributed by atoms with Gasteiger partial charge in [-0.2, -0.15) is 0 Å². The predicted molar refractivity (Wildman–Crippen MR) is 77.6 cm³/mol. The molecule has 1 aromatic carbocycles. The molecule has 1 aromatic heterocycles. The van der Waals surface area contributed by atoms with Crippen LogP contribution in [0.2, 0.25) is 5.02 Å². The first-order valence-electron chi connectivity index (χ1n) is 5.95. The van der Waals surface area contributed by atoms with Gasteiger partial charge in [-0.05, 0) is 18.2 Å². The molecule has 0 atom stereocenters. The largest absolute Gasteiger partial charge is 0.323 e. The zero-order valence-electron chi connectivity index (χ0n) is 10.1. The first-order valence-corrected chi connectivity index (χ1v) is 6.32. The first-order chi connectivity index (χ1) is 9.33. The average molecular weight is 274 g/mol. The lowest BCUT2D eigenvalue weighted by molar-refractivity contribution is 1.03. The van der Waals surface area contributed by atoms with Crippen molar-refractivity contribution in [3.05, 3.63) is 41.9 Å². The van der Waals surface area contributed by atoms with E-state index in [4.69, 9.17) is 11.6 Å². The lowest BCUT2D eigenvalue weighted by Gasteiger charge is -2.11. The fourth-order valence-corrected chi connectivity index (χ4v) is 2.01. The van der Waals surface area contributed by atoms with Crippen molar-refractivity contribution in [1.29, 1.82) is 0 Å². The minimum Gasteiger partial charge on any atom is -0.323 e. The van der Waals surface area contributed by atoms with Crippen molar-refractivity contribution in [2.75, 3.05) is 11.9 Å². The Morgan fingerprint density at radius 3 is 2.95 bits per heavy atom. The summed E-state index contributed by atoms with van der Waals surface area (Å²) in [5.41, 5.74) is 1.76. The van der Waals surface area contributed by atoms with Crippen LogP contribution in [0.3, 0.4) is 0 Å². The van der Waals surface area contributed by atoms with Crippen LogP contribution in [-0.2, 0) is 0 Å². The Hall–Kier alpha value is -2.14. The number of guanidine groups is 1. The number of imidazole rings is 1. The van der Waals surface area contributed by atoms with E-state index >= 15 is 0 Å². The third-order valence-corrected chi connectivity index (χ3v) is 3.05. The lowest BCUT2D eigenvalue weighted by atomic mass is 10.2. The van der Waals surface area contributed by atoms with Crippen molar-refractivity contribution in [3.63, 3.8) is 0 Å². The van der Waals surface area contributed by atoms with Gasteiger partial charge < -0.3 is 9.88 Å². The highest BCUT2D eigenvalue weighted by Gasteiger charge is 2.06. The van der Waals surface area contributed by atoms with E-state index in [0.717, 1.165) is 24.3 Å². The number of anilines is 1. The highest BCUT2D eigenvalue weighted by Crippen LogP contribution is 2.25. The first kappa shape index (κ1) is 11.9. The number of benzene rings is 1. The summed E-state index contributed by atoms with van der Waals surface area (Å²) in [6.07, 6.45) is 8.07. The molecule has 6 heteroatoms. The van der Waals surface area contributed by atoms with Gasteiger partial charge in [0, 0.05) is 37.3 Å². The summed E-state index contributed by atoms with van der Waals surface area (Å²) in [6, 6.07) is 5.74. The van der Waals surface area contributed by atoms with Gasteiger partial charge in [-0.3, -0.25) is 4.99 Å². The molecule has 0 spiro atoms. The molecule has 3 rings (SSSR count). The van der Waals surface area contributed by atoms with Crippen LogP contribution in [0.5, 0.6) is 0 Å². The van der Waals surface area contributed by atoms with Gasteiger partial charge >= 0.3 is 0 Å². The maximum absolute atomic E-state index is 6.26. The van der Waals surface area contributed by atoms with E-state index in [2.05, 4.69) is 20.3 Å². The van der Waals surface area contributed by atoms with E-state index in [1.54, 1.807) is 12.5 Å². The fraction of sp³-hybridized carbons (Fsp3) is 0.154.